The minimum atomic E-state index is -4.62. The van der Waals surface area contributed by atoms with Crippen LogP contribution in [0.2, 0.25) is 0 Å². The van der Waals surface area contributed by atoms with Gasteiger partial charge in [0.2, 0.25) is 17.7 Å². The Bertz CT molecular complexity index is 679. The maximum absolute atomic E-state index is 12.7. The molecule has 0 aliphatic heterocycles. The van der Waals surface area contributed by atoms with E-state index in [0.717, 1.165) is 13.8 Å². The summed E-state index contributed by atoms with van der Waals surface area (Å²) in [5, 5.41) is 13.6. The second-order valence-corrected chi connectivity index (χ2v) is 5.90. The minimum Gasteiger partial charge on any atom is -0.378 e. The molecular formula is C14H15F6N5O. The Morgan fingerprint density at radius 2 is 1.35 bits per heavy atom. The molecule has 3 N–H and O–H groups in total. The fourth-order valence-corrected chi connectivity index (χ4v) is 1.53. The third kappa shape index (κ3) is 5.62. The molecule has 0 radical (unpaired) electrons. The molecule has 144 valence electrons. The summed E-state index contributed by atoms with van der Waals surface area (Å²) in [5.74, 6) is 3.23. The molecule has 0 amide bonds. The van der Waals surface area contributed by atoms with Gasteiger partial charge in [0, 0.05) is 0 Å². The number of nitrogens with one attached hydrogen (secondary N) is 2. The molecule has 12 heteroatoms. The van der Waals surface area contributed by atoms with Crippen molar-refractivity contribution < 1.29 is 31.4 Å². The largest absolute Gasteiger partial charge is 0.408 e. The van der Waals surface area contributed by atoms with Gasteiger partial charge >= 0.3 is 12.4 Å². The molecular weight excluding hydrogens is 368 g/mol. The Morgan fingerprint density at radius 3 is 1.69 bits per heavy atom. The average Bonchev–Trinajstić information content (AvgIpc) is 3.21. The molecule has 26 heavy (non-hydrogen) atoms. The van der Waals surface area contributed by atoms with E-state index in [4.69, 9.17) is 0 Å². The van der Waals surface area contributed by atoms with Gasteiger partial charge < -0.3 is 15.7 Å². The number of nitrogens with zero attached hydrogens (tertiary/aromatic N) is 3. The first-order valence-electron chi connectivity index (χ1n) is 7.47. The molecule has 1 aromatic heterocycles. The molecule has 1 aromatic rings. The van der Waals surface area contributed by atoms with Gasteiger partial charge in [-0.2, -0.15) is 41.3 Å². The fourth-order valence-electron chi connectivity index (χ4n) is 1.53. The van der Waals surface area contributed by atoms with Crippen LogP contribution in [0, 0.1) is 11.8 Å². The smallest absolute Gasteiger partial charge is 0.378 e. The van der Waals surface area contributed by atoms with Crippen LogP contribution in [0.25, 0.3) is 0 Å². The summed E-state index contributed by atoms with van der Waals surface area (Å²) in [6.45, 7) is 1.60. The van der Waals surface area contributed by atoms with E-state index in [1.165, 1.54) is 0 Å². The maximum Gasteiger partial charge on any atom is 0.408 e. The number of rotatable bonds is 4. The first kappa shape index (κ1) is 20.0. The lowest BCUT2D eigenvalue weighted by Crippen LogP contribution is -2.35. The highest BCUT2D eigenvalue weighted by Gasteiger charge is 2.39. The van der Waals surface area contributed by atoms with Crippen LogP contribution in [-0.4, -0.2) is 50.1 Å². The van der Waals surface area contributed by atoms with Gasteiger partial charge in [-0.05, 0) is 32.6 Å². The Hall–Kier alpha value is -2.29. The molecule has 2 atom stereocenters. The molecule has 0 saturated heterocycles. The zero-order valence-corrected chi connectivity index (χ0v) is 13.6. The van der Waals surface area contributed by atoms with Crippen molar-refractivity contribution in [2.45, 2.75) is 56.7 Å². The average molecular weight is 383 g/mol. The molecule has 1 heterocycles. The number of hydrogen-bond acceptors (Lipinski definition) is 6. The lowest BCUT2D eigenvalue weighted by atomic mass is 10.3. The molecule has 1 aliphatic carbocycles. The number of aromatic nitrogens is 3. The second-order valence-electron chi connectivity index (χ2n) is 5.90. The van der Waals surface area contributed by atoms with E-state index in [9.17, 15) is 31.4 Å². The first-order valence-corrected chi connectivity index (χ1v) is 7.47. The summed E-state index contributed by atoms with van der Waals surface area (Å²) < 4.78 is 75.9. The van der Waals surface area contributed by atoms with Crippen LogP contribution in [0.15, 0.2) is 0 Å². The quantitative estimate of drug-likeness (QED) is 0.547. The summed E-state index contributed by atoms with van der Waals surface area (Å²) >= 11 is 0. The van der Waals surface area contributed by atoms with Crippen molar-refractivity contribution in [2.24, 2.45) is 0 Å². The van der Waals surface area contributed by atoms with Crippen LogP contribution in [0.4, 0.5) is 38.2 Å². The number of aliphatic hydroxyl groups is 1. The van der Waals surface area contributed by atoms with Crippen LogP contribution in [0.3, 0.4) is 0 Å². The Labute approximate surface area is 144 Å². The standard InChI is InChI=1S/C14H15F6N5O/c1-7(13(15,16)17)21-10-23-9(3-4-12(26)5-6-12)24-11(25-10)22-8(2)14(18,19)20/h7-8,26H,5-6H2,1-2H3,(H2,21,22,23,24,25)/t7-,8-/m1/s1. The van der Waals surface area contributed by atoms with E-state index in [2.05, 4.69) is 26.8 Å². The van der Waals surface area contributed by atoms with E-state index >= 15 is 0 Å². The number of halogens is 6. The lowest BCUT2D eigenvalue weighted by Gasteiger charge is -2.19. The van der Waals surface area contributed by atoms with Gasteiger partial charge in [0.1, 0.15) is 17.7 Å². The maximum atomic E-state index is 12.7. The third-order valence-electron chi connectivity index (χ3n) is 3.44. The third-order valence-corrected chi connectivity index (χ3v) is 3.44. The van der Waals surface area contributed by atoms with Crippen LogP contribution >= 0.6 is 0 Å². The van der Waals surface area contributed by atoms with Gasteiger partial charge in [-0.25, -0.2) is 0 Å². The number of anilines is 2. The Morgan fingerprint density at radius 1 is 0.923 bits per heavy atom. The normalized spacial score (nSPS) is 18.3. The molecule has 6 nitrogen and oxygen atoms in total. The molecule has 0 aromatic carbocycles. The summed E-state index contributed by atoms with van der Waals surface area (Å²) in [7, 11) is 0. The van der Waals surface area contributed by atoms with Gasteiger partial charge in [-0.15, -0.1) is 0 Å². The van der Waals surface area contributed by atoms with E-state index in [-0.39, 0.29) is 5.82 Å². The highest BCUT2D eigenvalue weighted by atomic mass is 19.4. The van der Waals surface area contributed by atoms with Crippen LogP contribution in [-0.2, 0) is 0 Å². The lowest BCUT2D eigenvalue weighted by molar-refractivity contribution is -0.139. The van der Waals surface area contributed by atoms with E-state index < -0.39 is 41.9 Å². The van der Waals surface area contributed by atoms with Gasteiger partial charge in [-0.3, -0.25) is 0 Å². The monoisotopic (exact) mass is 383 g/mol. The van der Waals surface area contributed by atoms with Gasteiger partial charge in [0.05, 0.1) is 0 Å². The van der Waals surface area contributed by atoms with Crippen molar-refractivity contribution in [1.29, 1.82) is 0 Å². The molecule has 1 aliphatic rings. The highest BCUT2D eigenvalue weighted by Crippen LogP contribution is 2.34. The second kappa shape index (κ2) is 6.79. The zero-order valence-electron chi connectivity index (χ0n) is 13.6. The van der Waals surface area contributed by atoms with Crippen molar-refractivity contribution in [1.82, 2.24) is 15.0 Å². The molecule has 1 fully saturated rings. The molecule has 0 bridgehead atoms. The summed E-state index contributed by atoms with van der Waals surface area (Å²) in [5.41, 5.74) is -1.22. The minimum absolute atomic E-state index is 0.367. The SMILES string of the molecule is C[C@@H](Nc1nc(C#CC2(O)CC2)nc(N[C@H](C)C(F)(F)F)n1)C(F)(F)F. The van der Waals surface area contributed by atoms with Gasteiger partial charge in [0.25, 0.3) is 0 Å². The summed E-state index contributed by atoms with van der Waals surface area (Å²) in [6, 6.07) is -4.10. The predicted octanol–water partition coefficient (Wildman–Crippen LogP) is 2.47. The van der Waals surface area contributed by atoms with E-state index in [0.29, 0.717) is 12.8 Å². The van der Waals surface area contributed by atoms with Gasteiger partial charge in [-0.1, -0.05) is 5.92 Å². The van der Waals surface area contributed by atoms with Crippen molar-refractivity contribution in [3.05, 3.63) is 5.82 Å². The zero-order chi connectivity index (χ0) is 19.8. The Balaban J connectivity index is 2.30. The number of alkyl halides is 6. The molecule has 2 rings (SSSR count). The van der Waals surface area contributed by atoms with Crippen LogP contribution in [0.5, 0.6) is 0 Å². The molecule has 0 unspecified atom stereocenters. The van der Waals surface area contributed by atoms with Gasteiger partial charge in [0.15, 0.2) is 0 Å². The topological polar surface area (TPSA) is 83.0 Å². The van der Waals surface area contributed by atoms with Crippen molar-refractivity contribution in [3.8, 4) is 11.8 Å². The summed E-state index contributed by atoms with van der Waals surface area (Å²) in [6.07, 6.45) is -8.40. The van der Waals surface area contributed by atoms with Crippen LogP contribution in [0.1, 0.15) is 32.5 Å². The summed E-state index contributed by atoms with van der Waals surface area (Å²) in [4.78, 5) is 10.8. The van der Waals surface area contributed by atoms with Crippen molar-refractivity contribution in [2.75, 3.05) is 10.6 Å². The van der Waals surface area contributed by atoms with Crippen molar-refractivity contribution >= 4 is 11.9 Å². The fraction of sp³-hybridized carbons (Fsp3) is 0.643. The molecule has 0 spiro atoms. The first-order chi connectivity index (χ1) is 11.8. The number of hydrogen-bond donors (Lipinski definition) is 3. The Kier molecular flexibility index (Phi) is 5.23. The van der Waals surface area contributed by atoms with E-state index in [1.807, 2.05) is 10.6 Å². The molecule has 1 saturated carbocycles. The predicted molar refractivity (Wildman–Crippen MR) is 79.2 cm³/mol. The van der Waals surface area contributed by atoms with E-state index in [1.54, 1.807) is 0 Å². The van der Waals surface area contributed by atoms with Crippen LogP contribution < -0.4 is 10.6 Å². The highest BCUT2D eigenvalue weighted by molar-refractivity contribution is 5.41. The van der Waals surface area contributed by atoms with Crippen molar-refractivity contribution in [3.63, 3.8) is 0 Å².